The van der Waals surface area contributed by atoms with Crippen LogP contribution in [-0.4, -0.2) is 17.6 Å². The summed E-state index contributed by atoms with van der Waals surface area (Å²) in [6.45, 7) is 5.12. The van der Waals surface area contributed by atoms with Crippen molar-refractivity contribution in [3.05, 3.63) is 88.4 Å². The van der Waals surface area contributed by atoms with Gasteiger partial charge in [-0.15, -0.1) is 0 Å². The lowest BCUT2D eigenvalue weighted by Gasteiger charge is -2.15. The highest BCUT2D eigenvalue weighted by Crippen LogP contribution is 2.24. The lowest BCUT2D eigenvalue weighted by atomic mass is 10.2. The second-order valence-corrected chi connectivity index (χ2v) is 8.88. The summed E-state index contributed by atoms with van der Waals surface area (Å²) in [6.07, 6.45) is 0. The van der Waals surface area contributed by atoms with E-state index < -0.39 is 0 Å². The molecule has 0 atom stereocenters. The molecule has 1 amide bonds. The third-order valence-electron chi connectivity index (χ3n) is 4.35. The second-order valence-electron chi connectivity index (χ2n) is 7.55. The van der Waals surface area contributed by atoms with Crippen molar-refractivity contribution in [2.75, 3.05) is 11.9 Å². The molecule has 0 saturated carbocycles. The highest BCUT2D eigenvalue weighted by Gasteiger charge is 2.15. The first-order valence-electron chi connectivity index (χ1n) is 10.2. The fourth-order valence-electron chi connectivity index (χ4n) is 2.77. The Morgan fingerprint density at radius 1 is 1.00 bits per heavy atom. The van der Waals surface area contributed by atoms with Crippen LogP contribution in [0.15, 0.2) is 77.3 Å². The van der Waals surface area contributed by atoms with E-state index in [1.807, 2.05) is 60.7 Å². The number of hydrogen-bond donors (Lipinski definition) is 2. The van der Waals surface area contributed by atoms with Gasteiger partial charge >= 0.3 is 0 Å². The van der Waals surface area contributed by atoms with Gasteiger partial charge < -0.3 is 14.8 Å². The third-order valence-corrected chi connectivity index (χ3v) is 5.04. The van der Waals surface area contributed by atoms with E-state index in [-0.39, 0.29) is 11.0 Å². The van der Waals surface area contributed by atoms with Gasteiger partial charge in [0.15, 0.2) is 5.11 Å². The van der Waals surface area contributed by atoms with E-state index in [1.54, 1.807) is 12.1 Å². The number of rotatable bonds is 8. The number of halogens is 1. The molecule has 0 bridgehead atoms. The Labute approximate surface area is 202 Å². The van der Waals surface area contributed by atoms with E-state index in [2.05, 4.69) is 40.4 Å². The molecule has 0 aromatic heterocycles. The number of carbonyl (C=O) groups is 1. The Morgan fingerprint density at radius 3 is 2.41 bits per heavy atom. The lowest BCUT2D eigenvalue weighted by molar-refractivity contribution is 0.0973. The second kappa shape index (κ2) is 11.6. The van der Waals surface area contributed by atoms with E-state index in [1.165, 1.54) is 0 Å². The van der Waals surface area contributed by atoms with Crippen LogP contribution in [0.2, 0.25) is 0 Å². The molecule has 0 aliphatic heterocycles. The van der Waals surface area contributed by atoms with Crippen LogP contribution >= 0.6 is 28.1 Å². The van der Waals surface area contributed by atoms with Crippen LogP contribution in [-0.2, 0) is 6.61 Å². The maximum atomic E-state index is 12.8. The van der Waals surface area contributed by atoms with Crippen LogP contribution in [0.5, 0.6) is 11.5 Å². The first-order chi connectivity index (χ1) is 15.4. The number of carbonyl (C=O) groups excluding carboxylic acids is 1. The Bertz CT molecular complexity index is 1060. The zero-order valence-electron chi connectivity index (χ0n) is 17.9. The zero-order chi connectivity index (χ0) is 22.9. The molecule has 0 radical (unpaired) electrons. The van der Waals surface area contributed by atoms with Crippen LogP contribution in [0, 0.1) is 5.92 Å². The van der Waals surface area contributed by atoms with Crippen molar-refractivity contribution in [1.29, 1.82) is 0 Å². The molecule has 0 unspecified atom stereocenters. The maximum absolute atomic E-state index is 12.8. The van der Waals surface area contributed by atoms with Crippen molar-refractivity contribution < 1.29 is 14.3 Å². The highest BCUT2D eigenvalue weighted by atomic mass is 79.9. The minimum Gasteiger partial charge on any atom is -0.492 e. The van der Waals surface area contributed by atoms with Gasteiger partial charge in [0.1, 0.15) is 18.1 Å². The van der Waals surface area contributed by atoms with Crippen LogP contribution in [0.1, 0.15) is 29.8 Å². The summed E-state index contributed by atoms with van der Waals surface area (Å²) in [7, 11) is 0. The SMILES string of the molecule is CC(C)COc1ccc(Br)cc1C(=O)NC(=S)Nc1ccc(OCc2ccccc2)cc1. The fraction of sp³-hybridized carbons (Fsp3) is 0.200. The Morgan fingerprint density at radius 2 is 1.72 bits per heavy atom. The van der Waals surface area contributed by atoms with Crippen LogP contribution in [0.4, 0.5) is 5.69 Å². The molecule has 3 rings (SSSR count). The molecule has 0 spiro atoms. The first-order valence-corrected chi connectivity index (χ1v) is 11.4. The zero-order valence-corrected chi connectivity index (χ0v) is 20.3. The molecular weight excluding hydrogens is 488 g/mol. The molecule has 0 aliphatic rings. The summed E-state index contributed by atoms with van der Waals surface area (Å²) in [4.78, 5) is 12.8. The summed E-state index contributed by atoms with van der Waals surface area (Å²) >= 11 is 8.72. The van der Waals surface area contributed by atoms with Gasteiger partial charge in [0, 0.05) is 10.2 Å². The summed E-state index contributed by atoms with van der Waals surface area (Å²) in [5, 5.41) is 5.93. The smallest absolute Gasteiger partial charge is 0.261 e. The number of thiocarbonyl (C=S) groups is 1. The van der Waals surface area contributed by atoms with Crippen LogP contribution in [0.3, 0.4) is 0 Å². The molecule has 0 heterocycles. The molecule has 3 aromatic rings. The topological polar surface area (TPSA) is 59.6 Å². The molecule has 5 nitrogen and oxygen atoms in total. The molecule has 7 heteroatoms. The largest absolute Gasteiger partial charge is 0.492 e. The first kappa shape index (κ1) is 23.8. The Balaban J connectivity index is 1.56. The normalized spacial score (nSPS) is 10.5. The van der Waals surface area contributed by atoms with E-state index in [0.29, 0.717) is 30.4 Å². The van der Waals surface area contributed by atoms with Crippen molar-refractivity contribution in [2.24, 2.45) is 5.92 Å². The average Bonchev–Trinajstić information content (AvgIpc) is 2.78. The van der Waals surface area contributed by atoms with E-state index in [9.17, 15) is 4.79 Å². The molecule has 166 valence electrons. The third kappa shape index (κ3) is 7.35. The number of hydrogen-bond acceptors (Lipinski definition) is 4. The van der Waals surface area contributed by atoms with Gasteiger partial charge in [-0.05, 0) is 66.2 Å². The lowest BCUT2D eigenvalue weighted by Crippen LogP contribution is -2.34. The number of ether oxygens (including phenoxy) is 2. The standard InChI is InChI=1S/C25H25BrN2O3S/c1-17(2)15-31-23-13-8-19(26)14-22(23)24(29)28-25(32)27-20-9-11-21(12-10-20)30-16-18-6-4-3-5-7-18/h3-14,17H,15-16H2,1-2H3,(H2,27,28,29,32). The highest BCUT2D eigenvalue weighted by molar-refractivity contribution is 9.10. The summed E-state index contributed by atoms with van der Waals surface area (Å²) < 4.78 is 12.4. The van der Waals surface area contributed by atoms with E-state index in [0.717, 1.165) is 21.5 Å². The summed E-state index contributed by atoms with van der Waals surface area (Å²) in [5.41, 5.74) is 2.25. The summed E-state index contributed by atoms with van der Waals surface area (Å²) in [5.74, 6) is 1.26. The molecular formula is C25H25BrN2O3S. The van der Waals surface area contributed by atoms with Crippen molar-refractivity contribution in [1.82, 2.24) is 5.32 Å². The predicted octanol–water partition coefficient (Wildman–Crippen LogP) is 6.19. The Hall–Kier alpha value is -2.90. The van der Waals surface area contributed by atoms with Crippen molar-refractivity contribution in [3.63, 3.8) is 0 Å². The van der Waals surface area contributed by atoms with Gasteiger partial charge in [0.05, 0.1) is 12.2 Å². The monoisotopic (exact) mass is 512 g/mol. The molecule has 0 fully saturated rings. The molecule has 3 aromatic carbocycles. The predicted molar refractivity (Wildman–Crippen MR) is 135 cm³/mol. The molecule has 0 saturated heterocycles. The minimum atomic E-state index is -0.342. The van der Waals surface area contributed by atoms with Gasteiger partial charge in [0.25, 0.3) is 5.91 Å². The van der Waals surface area contributed by atoms with Crippen LogP contribution < -0.4 is 20.1 Å². The number of benzene rings is 3. The number of anilines is 1. The molecule has 0 aliphatic carbocycles. The fourth-order valence-corrected chi connectivity index (χ4v) is 3.34. The van der Waals surface area contributed by atoms with Crippen molar-refractivity contribution >= 4 is 44.9 Å². The quantitative estimate of drug-likeness (QED) is 0.352. The van der Waals surface area contributed by atoms with Gasteiger partial charge in [0.2, 0.25) is 0 Å². The minimum absolute atomic E-state index is 0.197. The average molecular weight is 513 g/mol. The maximum Gasteiger partial charge on any atom is 0.261 e. The van der Waals surface area contributed by atoms with Crippen molar-refractivity contribution in [2.45, 2.75) is 20.5 Å². The number of nitrogens with one attached hydrogen (secondary N) is 2. The van der Waals surface area contributed by atoms with Crippen LogP contribution in [0.25, 0.3) is 0 Å². The van der Waals surface area contributed by atoms with Gasteiger partial charge in [-0.25, -0.2) is 0 Å². The van der Waals surface area contributed by atoms with Crippen molar-refractivity contribution in [3.8, 4) is 11.5 Å². The Kier molecular flexibility index (Phi) is 8.64. The summed E-state index contributed by atoms with van der Waals surface area (Å²) in [6, 6.07) is 22.7. The van der Waals surface area contributed by atoms with E-state index in [4.69, 9.17) is 21.7 Å². The number of amides is 1. The molecule has 32 heavy (non-hydrogen) atoms. The van der Waals surface area contributed by atoms with E-state index >= 15 is 0 Å². The molecule has 2 N–H and O–H groups in total. The van der Waals surface area contributed by atoms with Gasteiger partial charge in [-0.1, -0.05) is 60.1 Å². The van der Waals surface area contributed by atoms with Gasteiger partial charge in [-0.2, -0.15) is 0 Å². The van der Waals surface area contributed by atoms with Gasteiger partial charge in [-0.3, -0.25) is 10.1 Å².